The summed E-state index contributed by atoms with van der Waals surface area (Å²) in [7, 11) is 0. The Morgan fingerprint density at radius 3 is 2.32 bits per heavy atom. The second-order valence-corrected chi connectivity index (χ2v) is 7.19. The van der Waals surface area contributed by atoms with Gasteiger partial charge in [-0.3, -0.25) is 0 Å². The Labute approximate surface area is 129 Å². The van der Waals surface area contributed by atoms with Crippen molar-refractivity contribution in [1.82, 2.24) is 0 Å². The monoisotopic (exact) mass is 280 g/mol. The molecular weight excluding hydrogens is 264 g/mol. The van der Waals surface area contributed by atoms with E-state index in [0.29, 0.717) is 5.92 Å². The number of allylic oxidation sites excluding steroid dienone is 3. The van der Waals surface area contributed by atoms with Crippen molar-refractivity contribution in [3.8, 4) is 0 Å². The van der Waals surface area contributed by atoms with Gasteiger partial charge in [-0.25, -0.2) is 0 Å². The molecule has 0 bridgehead atoms. The summed E-state index contributed by atoms with van der Waals surface area (Å²) >= 11 is 0. The molecule has 0 saturated carbocycles. The molecule has 0 amide bonds. The zero-order valence-corrected chi connectivity index (χ0v) is 12.8. The largest absolute Gasteiger partial charge is 0.0728 e. The Hall–Kier alpha value is -2.34. The van der Waals surface area contributed by atoms with Gasteiger partial charge in [0.25, 0.3) is 0 Å². The Balaban J connectivity index is 2.04. The van der Waals surface area contributed by atoms with Gasteiger partial charge in [0.1, 0.15) is 0 Å². The summed E-state index contributed by atoms with van der Waals surface area (Å²) in [6.45, 7) is 4.77. The summed E-state index contributed by atoms with van der Waals surface area (Å²) in [5.74, 6) is 0.498. The Morgan fingerprint density at radius 1 is 0.818 bits per heavy atom. The van der Waals surface area contributed by atoms with Gasteiger partial charge in [0.05, 0.1) is 0 Å². The van der Waals surface area contributed by atoms with E-state index in [1.807, 2.05) is 0 Å². The number of benzene rings is 3. The Morgan fingerprint density at radius 2 is 1.50 bits per heavy atom. The van der Waals surface area contributed by atoms with E-state index >= 15 is 0 Å². The fraction of sp³-hybridized carbons (Fsp3) is 0.182. The van der Waals surface area contributed by atoms with Crippen LogP contribution in [-0.4, -0.2) is 0 Å². The Kier molecular flexibility index (Phi) is 1.64. The maximum absolute atomic E-state index is 2.47. The second-order valence-electron chi connectivity index (χ2n) is 7.19. The van der Waals surface area contributed by atoms with Gasteiger partial charge in [0.15, 0.2) is 0 Å². The van der Waals surface area contributed by atoms with Crippen LogP contribution in [0.5, 0.6) is 0 Å². The van der Waals surface area contributed by atoms with Crippen LogP contribution >= 0.6 is 0 Å². The molecule has 0 saturated heterocycles. The molecule has 0 N–H and O–H groups in total. The zero-order valence-electron chi connectivity index (χ0n) is 12.8. The molecule has 0 heterocycles. The van der Waals surface area contributed by atoms with Crippen LogP contribution in [0.2, 0.25) is 0 Å². The van der Waals surface area contributed by atoms with E-state index < -0.39 is 0 Å². The highest BCUT2D eigenvalue weighted by Gasteiger charge is 2.46. The SMILES string of the molecule is CC1C=C2C=Cc3ccc4ccc5ccc1c1c5c4c3C21C. The van der Waals surface area contributed by atoms with Gasteiger partial charge in [-0.2, -0.15) is 0 Å². The van der Waals surface area contributed by atoms with Gasteiger partial charge >= 0.3 is 0 Å². The molecule has 3 aliphatic carbocycles. The number of rotatable bonds is 0. The zero-order chi connectivity index (χ0) is 14.6. The lowest BCUT2D eigenvalue weighted by Gasteiger charge is -2.39. The summed E-state index contributed by atoms with van der Waals surface area (Å²) < 4.78 is 0. The van der Waals surface area contributed by atoms with Crippen LogP contribution in [0, 0.1) is 0 Å². The van der Waals surface area contributed by atoms with Crippen molar-refractivity contribution in [3.63, 3.8) is 0 Å². The molecule has 0 spiro atoms. The second kappa shape index (κ2) is 3.20. The molecule has 3 aliphatic rings. The number of hydrogen-bond donors (Lipinski definition) is 0. The third-order valence-corrected chi connectivity index (χ3v) is 6.17. The van der Waals surface area contributed by atoms with Crippen molar-refractivity contribution in [2.24, 2.45) is 0 Å². The van der Waals surface area contributed by atoms with Crippen LogP contribution in [0.4, 0.5) is 0 Å². The van der Waals surface area contributed by atoms with E-state index in [1.54, 1.807) is 11.1 Å². The molecule has 0 fully saturated rings. The highest BCUT2D eigenvalue weighted by atomic mass is 14.5. The molecule has 2 unspecified atom stereocenters. The third kappa shape index (κ3) is 0.955. The molecule has 104 valence electrons. The molecule has 3 aromatic rings. The molecule has 0 heteroatoms. The molecule has 0 nitrogen and oxygen atoms in total. The fourth-order valence-electron chi connectivity index (χ4n) is 5.20. The molecule has 2 atom stereocenters. The van der Waals surface area contributed by atoms with E-state index in [0.717, 1.165) is 0 Å². The minimum atomic E-state index is 0.0502. The summed E-state index contributed by atoms with van der Waals surface area (Å²) in [5.41, 5.74) is 7.57. The van der Waals surface area contributed by atoms with Gasteiger partial charge in [0, 0.05) is 5.41 Å². The van der Waals surface area contributed by atoms with E-state index in [9.17, 15) is 0 Å². The highest BCUT2D eigenvalue weighted by Crippen LogP contribution is 2.59. The average molecular weight is 280 g/mol. The Bertz CT molecular complexity index is 1090. The van der Waals surface area contributed by atoms with Crippen molar-refractivity contribution >= 4 is 27.6 Å². The summed E-state index contributed by atoms with van der Waals surface area (Å²) in [5, 5.41) is 5.79. The molecule has 3 aromatic carbocycles. The van der Waals surface area contributed by atoms with E-state index in [-0.39, 0.29) is 5.41 Å². The predicted octanol–water partition coefficient (Wildman–Crippen LogP) is 5.68. The average Bonchev–Trinajstić information content (AvgIpc) is 2.82. The fourth-order valence-corrected chi connectivity index (χ4v) is 5.20. The predicted molar refractivity (Wildman–Crippen MR) is 93.4 cm³/mol. The first kappa shape index (κ1) is 11.3. The smallest absolute Gasteiger partial charge is 0.0441 e. The lowest BCUT2D eigenvalue weighted by molar-refractivity contribution is 0.662. The molecule has 0 aromatic heterocycles. The van der Waals surface area contributed by atoms with E-state index in [4.69, 9.17) is 0 Å². The maximum Gasteiger partial charge on any atom is 0.0441 e. The highest BCUT2D eigenvalue weighted by molar-refractivity contribution is 6.17. The summed E-state index contributed by atoms with van der Waals surface area (Å²) in [6, 6.07) is 13.8. The van der Waals surface area contributed by atoms with Gasteiger partial charge in [0.2, 0.25) is 0 Å². The van der Waals surface area contributed by atoms with Crippen LogP contribution in [0.25, 0.3) is 27.6 Å². The van der Waals surface area contributed by atoms with Crippen molar-refractivity contribution in [1.29, 1.82) is 0 Å². The minimum absolute atomic E-state index is 0.0502. The lowest BCUT2D eigenvalue weighted by Crippen LogP contribution is -2.30. The molecule has 22 heavy (non-hydrogen) atoms. The first-order valence-electron chi connectivity index (χ1n) is 8.13. The standard InChI is InChI=1S/C22H16/c1-12-11-16-9-7-15-6-5-13-3-4-14-8-10-17(12)21-19(14)18(13)20(15)22(16,21)2/h3-12H,1-2H3. The first-order valence-corrected chi connectivity index (χ1v) is 8.13. The van der Waals surface area contributed by atoms with Gasteiger partial charge in [-0.1, -0.05) is 61.5 Å². The van der Waals surface area contributed by atoms with Crippen LogP contribution in [0.1, 0.15) is 42.0 Å². The van der Waals surface area contributed by atoms with Crippen LogP contribution < -0.4 is 0 Å². The lowest BCUT2D eigenvalue weighted by atomic mass is 9.63. The third-order valence-electron chi connectivity index (χ3n) is 6.17. The minimum Gasteiger partial charge on any atom is -0.0728 e. The quantitative estimate of drug-likeness (QED) is 0.464. The van der Waals surface area contributed by atoms with Crippen LogP contribution in [-0.2, 0) is 5.41 Å². The first-order chi connectivity index (χ1) is 10.7. The summed E-state index contributed by atoms with van der Waals surface area (Å²) in [6.07, 6.45) is 7.13. The van der Waals surface area contributed by atoms with Crippen molar-refractivity contribution in [2.45, 2.75) is 25.2 Å². The van der Waals surface area contributed by atoms with Crippen LogP contribution in [0.15, 0.2) is 54.1 Å². The molecule has 0 radical (unpaired) electrons. The van der Waals surface area contributed by atoms with E-state index in [1.165, 1.54) is 38.2 Å². The maximum atomic E-state index is 2.47. The molecule has 6 rings (SSSR count). The normalized spacial score (nSPS) is 26.5. The summed E-state index contributed by atoms with van der Waals surface area (Å²) in [4.78, 5) is 0. The van der Waals surface area contributed by atoms with E-state index in [2.05, 4.69) is 68.5 Å². The van der Waals surface area contributed by atoms with Gasteiger partial charge in [-0.05, 0) is 62.2 Å². The van der Waals surface area contributed by atoms with Gasteiger partial charge < -0.3 is 0 Å². The molecular formula is C22H16. The van der Waals surface area contributed by atoms with Crippen LogP contribution in [0.3, 0.4) is 0 Å². The van der Waals surface area contributed by atoms with Crippen molar-refractivity contribution in [3.05, 3.63) is 76.4 Å². The molecule has 0 aliphatic heterocycles. The van der Waals surface area contributed by atoms with Gasteiger partial charge in [-0.15, -0.1) is 0 Å². The van der Waals surface area contributed by atoms with Crippen molar-refractivity contribution < 1.29 is 0 Å². The van der Waals surface area contributed by atoms with Crippen molar-refractivity contribution in [2.75, 3.05) is 0 Å². The number of hydrogen-bond acceptors (Lipinski definition) is 0. The topological polar surface area (TPSA) is 0 Å².